The number of rotatable bonds is 2. The SMILES string of the molecule is CC1(c2ccccc2)C=CC(c2ccc(Cl)cc2)=CC1. The summed E-state index contributed by atoms with van der Waals surface area (Å²) in [6.07, 6.45) is 7.87. The lowest BCUT2D eigenvalue weighted by Crippen LogP contribution is -2.19. The summed E-state index contributed by atoms with van der Waals surface area (Å²) in [5, 5.41) is 0.781. The molecular weight excluding hydrogens is 264 g/mol. The van der Waals surface area contributed by atoms with E-state index in [0.717, 1.165) is 11.4 Å². The molecule has 0 amide bonds. The fourth-order valence-corrected chi connectivity index (χ4v) is 2.75. The lowest BCUT2D eigenvalue weighted by atomic mass is 9.75. The summed E-state index contributed by atoms with van der Waals surface area (Å²) < 4.78 is 0. The summed E-state index contributed by atoms with van der Waals surface area (Å²) >= 11 is 5.94. The molecule has 0 heterocycles. The molecule has 3 rings (SSSR count). The molecule has 0 radical (unpaired) electrons. The predicted molar refractivity (Wildman–Crippen MR) is 87.0 cm³/mol. The standard InChI is InChI=1S/C19H17Cl/c1-19(17-5-3-2-4-6-17)13-11-16(12-14-19)15-7-9-18(20)10-8-15/h2-13H,14H2,1H3. The van der Waals surface area contributed by atoms with Gasteiger partial charge in [0.1, 0.15) is 0 Å². The molecule has 0 saturated heterocycles. The minimum atomic E-state index is 0.0944. The van der Waals surface area contributed by atoms with Crippen LogP contribution in [0.5, 0.6) is 0 Å². The minimum Gasteiger partial charge on any atom is -0.0843 e. The second kappa shape index (κ2) is 5.30. The maximum atomic E-state index is 5.94. The zero-order chi connectivity index (χ0) is 14.0. The van der Waals surface area contributed by atoms with E-state index in [-0.39, 0.29) is 5.41 Å². The Labute approximate surface area is 125 Å². The smallest absolute Gasteiger partial charge is 0.0406 e. The van der Waals surface area contributed by atoms with Gasteiger partial charge in [-0.3, -0.25) is 0 Å². The molecule has 0 bridgehead atoms. The topological polar surface area (TPSA) is 0 Å². The Hall–Kier alpha value is -1.79. The third kappa shape index (κ3) is 2.57. The highest BCUT2D eigenvalue weighted by atomic mass is 35.5. The first-order valence-electron chi connectivity index (χ1n) is 6.88. The van der Waals surface area contributed by atoms with Crippen molar-refractivity contribution in [3.63, 3.8) is 0 Å². The van der Waals surface area contributed by atoms with Crippen LogP contribution in [0.1, 0.15) is 24.5 Å². The Morgan fingerprint density at radius 3 is 2.25 bits per heavy atom. The Morgan fingerprint density at radius 2 is 1.65 bits per heavy atom. The maximum absolute atomic E-state index is 5.94. The van der Waals surface area contributed by atoms with Crippen LogP contribution >= 0.6 is 11.6 Å². The zero-order valence-corrected chi connectivity index (χ0v) is 12.3. The van der Waals surface area contributed by atoms with Crippen molar-refractivity contribution in [1.82, 2.24) is 0 Å². The Bertz CT molecular complexity index is 650. The van der Waals surface area contributed by atoms with Crippen LogP contribution < -0.4 is 0 Å². The molecule has 0 fully saturated rings. The molecule has 2 aromatic rings. The van der Waals surface area contributed by atoms with Crippen molar-refractivity contribution in [3.05, 3.63) is 89.0 Å². The molecule has 1 heteroatoms. The third-order valence-corrected chi connectivity index (χ3v) is 4.24. The Balaban J connectivity index is 1.85. The van der Waals surface area contributed by atoms with Crippen molar-refractivity contribution in [2.45, 2.75) is 18.8 Å². The highest BCUT2D eigenvalue weighted by Gasteiger charge is 2.24. The van der Waals surface area contributed by atoms with Gasteiger partial charge in [-0.1, -0.05) is 79.2 Å². The van der Waals surface area contributed by atoms with Gasteiger partial charge >= 0.3 is 0 Å². The average molecular weight is 281 g/mol. The molecule has 0 spiro atoms. The van der Waals surface area contributed by atoms with Gasteiger partial charge in [-0.05, 0) is 35.3 Å². The number of allylic oxidation sites excluding steroid dienone is 4. The van der Waals surface area contributed by atoms with E-state index in [1.54, 1.807) is 0 Å². The van der Waals surface area contributed by atoms with Crippen molar-refractivity contribution in [1.29, 1.82) is 0 Å². The summed E-state index contributed by atoms with van der Waals surface area (Å²) in [5.74, 6) is 0. The molecule has 0 N–H and O–H groups in total. The lowest BCUT2D eigenvalue weighted by Gasteiger charge is -2.28. The van der Waals surface area contributed by atoms with Gasteiger partial charge in [0.2, 0.25) is 0 Å². The zero-order valence-electron chi connectivity index (χ0n) is 11.5. The van der Waals surface area contributed by atoms with E-state index in [0.29, 0.717) is 0 Å². The minimum absolute atomic E-state index is 0.0944. The Morgan fingerprint density at radius 1 is 0.950 bits per heavy atom. The summed E-state index contributed by atoms with van der Waals surface area (Å²) in [5.41, 5.74) is 3.95. The van der Waals surface area contributed by atoms with E-state index in [9.17, 15) is 0 Å². The number of hydrogen-bond acceptors (Lipinski definition) is 0. The Kier molecular flexibility index (Phi) is 3.50. The third-order valence-electron chi connectivity index (χ3n) is 3.99. The first kappa shape index (κ1) is 13.2. The maximum Gasteiger partial charge on any atom is 0.0406 e. The summed E-state index contributed by atoms with van der Waals surface area (Å²) in [4.78, 5) is 0. The van der Waals surface area contributed by atoms with Crippen molar-refractivity contribution < 1.29 is 0 Å². The summed E-state index contributed by atoms with van der Waals surface area (Å²) in [6, 6.07) is 18.7. The highest BCUT2D eigenvalue weighted by molar-refractivity contribution is 6.30. The van der Waals surface area contributed by atoms with E-state index < -0.39 is 0 Å². The fraction of sp³-hybridized carbons (Fsp3) is 0.158. The van der Waals surface area contributed by atoms with Crippen molar-refractivity contribution in [3.8, 4) is 0 Å². The van der Waals surface area contributed by atoms with Crippen LogP contribution in [0.25, 0.3) is 5.57 Å². The highest BCUT2D eigenvalue weighted by Crippen LogP contribution is 2.35. The first-order chi connectivity index (χ1) is 9.67. The van der Waals surface area contributed by atoms with Gasteiger partial charge in [-0.2, -0.15) is 0 Å². The molecule has 0 saturated carbocycles. The largest absolute Gasteiger partial charge is 0.0843 e. The van der Waals surface area contributed by atoms with Gasteiger partial charge in [0.15, 0.2) is 0 Å². The average Bonchev–Trinajstić information content (AvgIpc) is 2.50. The molecule has 0 aromatic heterocycles. The lowest BCUT2D eigenvalue weighted by molar-refractivity contribution is 0.601. The summed E-state index contributed by atoms with van der Waals surface area (Å²) in [6.45, 7) is 2.29. The molecule has 0 nitrogen and oxygen atoms in total. The molecule has 1 aliphatic carbocycles. The van der Waals surface area contributed by atoms with Crippen LogP contribution in [0, 0.1) is 0 Å². The van der Waals surface area contributed by atoms with Crippen molar-refractivity contribution in [2.24, 2.45) is 0 Å². The second-order valence-electron chi connectivity index (χ2n) is 5.49. The van der Waals surface area contributed by atoms with E-state index >= 15 is 0 Å². The van der Waals surface area contributed by atoms with Gasteiger partial charge in [0, 0.05) is 10.4 Å². The van der Waals surface area contributed by atoms with Crippen LogP contribution in [0.4, 0.5) is 0 Å². The van der Waals surface area contributed by atoms with Crippen molar-refractivity contribution in [2.75, 3.05) is 0 Å². The number of hydrogen-bond donors (Lipinski definition) is 0. The van der Waals surface area contributed by atoms with Gasteiger partial charge in [0.05, 0.1) is 0 Å². The first-order valence-corrected chi connectivity index (χ1v) is 7.26. The normalized spacial score (nSPS) is 21.6. The molecule has 100 valence electrons. The molecule has 0 aliphatic heterocycles. The molecule has 1 atom stereocenters. The molecule has 2 aromatic carbocycles. The van der Waals surface area contributed by atoms with Gasteiger partial charge in [0.25, 0.3) is 0 Å². The summed E-state index contributed by atoms with van der Waals surface area (Å²) in [7, 11) is 0. The molecule has 1 aliphatic rings. The quantitative estimate of drug-likeness (QED) is 0.668. The second-order valence-corrected chi connectivity index (χ2v) is 5.92. The van der Waals surface area contributed by atoms with E-state index in [1.807, 2.05) is 12.1 Å². The predicted octanol–water partition coefficient (Wildman–Crippen LogP) is 5.64. The monoisotopic (exact) mass is 280 g/mol. The molecule has 20 heavy (non-hydrogen) atoms. The number of benzene rings is 2. The number of halogens is 1. The van der Waals surface area contributed by atoms with Gasteiger partial charge in [-0.25, -0.2) is 0 Å². The molecular formula is C19H17Cl. The van der Waals surface area contributed by atoms with Gasteiger partial charge in [-0.15, -0.1) is 0 Å². The van der Waals surface area contributed by atoms with Crippen LogP contribution in [0.2, 0.25) is 5.02 Å². The van der Waals surface area contributed by atoms with Crippen LogP contribution in [-0.2, 0) is 5.41 Å². The van der Waals surface area contributed by atoms with Gasteiger partial charge < -0.3 is 0 Å². The van der Waals surface area contributed by atoms with Crippen LogP contribution in [0.15, 0.2) is 72.8 Å². The van der Waals surface area contributed by atoms with Crippen LogP contribution in [0.3, 0.4) is 0 Å². The van der Waals surface area contributed by atoms with E-state index in [4.69, 9.17) is 11.6 Å². The van der Waals surface area contributed by atoms with E-state index in [2.05, 4.69) is 67.6 Å². The molecule has 1 unspecified atom stereocenters. The van der Waals surface area contributed by atoms with Crippen LogP contribution in [-0.4, -0.2) is 0 Å². The van der Waals surface area contributed by atoms with E-state index in [1.165, 1.54) is 16.7 Å². The van der Waals surface area contributed by atoms with Crippen molar-refractivity contribution >= 4 is 17.2 Å². The fourth-order valence-electron chi connectivity index (χ4n) is 2.62.